The van der Waals surface area contributed by atoms with E-state index in [0.29, 0.717) is 18.6 Å². The van der Waals surface area contributed by atoms with Gasteiger partial charge in [0.1, 0.15) is 5.82 Å². The summed E-state index contributed by atoms with van der Waals surface area (Å²) < 4.78 is 19.2. The van der Waals surface area contributed by atoms with Crippen LogP contribution < -0.4 is 5.73 Å². The number of hydrogen-bond acceptors (Lipinski definition) is 3. The van der Waals surface area contributed by atoms with Gasteiger partial charge in [-0.05, 0) is 19.4 Å². The number of nitrogens with two attached hydrogens (primary N) is 1. The number of rotatable bonds is 2. The molecule has 1 aromatic carbocycles. The summed E-state index contributed by atoms with van der Waals surface area (Å²) in [6.45, 7) is 2.49. The zero-order chi connectivity index (χ0) is 12.5. The van der Waals surface area contributed by atoms with E-state index in [0.717, 1.165) is 0 Å². The number of aliphatic hydroxyl groups excluding tert-OH is 1. The van der Waals surface area contributed by atoms with Crippen LogP contribution in [0, 0.1) is 11.7 Å². The van der Waals surface area contributed by atoms with Crippen LogP contribution in [0.4, 0.5) is 4.39 Å². The highest BCUT2D eigenvalue weighted by atomic mass is 19.1. The maximum Gasteiger partial charge on any atom is 0.128 e. The van der Waals surface area contributed by atoms with Crippen LogP contribution in [0.25, 0.3) is 0 Å². The first-order chi connectivity index (χ1) is 8.05. The van der Waals surface area contributed by atoms with Gasteiger partial charge in [0, 0.05) is 18.1 Å². The lowest BCUT2D eigenvalue weighted by molar-refractivity contribution is -0.0500. The average Bonchev–Trinajstić information content (AvgIpc) is 2.29. The molecule has 0 unspecified atom stereocenters. The van der Waals surface area contributed by atoms with Crippen LogP contribution in [0.5, 0.6) is 0 Å². The molecule has 0 aromatic heterocycles. The summed E-state index contributed by atoms with van der Waals surface area (Å²) in [5.41, 5.74) is 5.78. The molecule has 3 nitrogen and oxygen atoms in total. The van der Waals surface area contributed by atoms with Gasteiger partial charge in [-0.15, -0.1) is 0 Å². The Morgan fingerprint density at radius 1 is 1.53 bits per heavy atom. The van der Waals surface area contributed by atoms with E-state index in [1.54, 1.807) is 25.1 Å². The molecule has 4 heteroatoms. The van der Waals surface area contributed by atoms with Crippen molar-refractivity contribution in [2.24, 2.45) is 11.7 Å². The lowest BCUT2D eigenvalue weighted by atomic mass is 9.73. The van der Waals surface area contributed by atoms with Crippen molar-refractivity contribution in [2.45, 2.75) is 25.0 Å². The normalized spacial score (nSPS) is 31.2. The average molecular weight is 239 g/mol. The summed E-state index contributed by atoms with van der Waals surface area (Å²) in [5.74, 6) is -0.528. The van der Waals surface area contributed by atoms with Gasteiger partial charge < -0.3 is 15.6 Å². The maximum atomic E-state index is 13.8. The minimum absolute atomic E-state index is 0.187. The predicted molar refractivity (Wildman–Crippen MR) is 62.9 cm³/mol. The summed E-state index contributed by atoms with van der Waals surface area (Å²) in [4.78, 5) is 0. The van der Waals surface area contributed by atoms with Crippen molar-refractivity contribution in [3.63, 3.8) is 0 Å². The highest BCUT2D eigenvalue weighted by Gasteiger charge is 2.43. The van der Waals surface area contributed by atoms with Crippen molar-refractivity contribution in [1.82, 2.24) is 0 Å². The molecule has 0 bridgehead atoms. The first-order valence-electron chi connectivity index (χ1n) is 5.85. The first-order valence-corrected chi connectivity index (χ1v) is 5.85. The van der Waals surface area contributed by atoms with Crippen molar-refractivity contribution < 1.29 is 14.2 Å². The Balaban J connectivity index is 2.41. The molecule has 0 saturated carbocycles. The third kappa shape index (κ3) is 2.20. The Morgan fingerprint density at radius 2 is 2.24 bits per heavy atom. The van der Waals surface area contributed by atoms with E-state index in [4.69, 9.17) is 10.5 Å². The zero-order valence-electron chi connectivity index (χ0n) is 9.90. The summed E-state index contributed by atoms with van der Waals surface area (Å²) in [6.07, 6.45) is 0.0613. The van der Waals surface area contributed by atoms with E-state index in [1.807, 2.05) is 0 Å². The lowest BCUT2D eigenvalue weighted by Gasteiger charge is -2.42. The van der Waals surface area contributed by atoms with Crippen LogP contribution in [0.3, 0.4) is 0 Å². The van der Waals surface area contributed by atoms with E-state index in [9.17, 15) is 9.50 Å². The van der Waals surface area contributed by atoms with Crippen LogP contribution in [0.15, 0.2) is 24.3 Å². The molecule has 0 spiro atoms. The van der Waals surface area contributed by atoms with Crippen molar-refractivity contribution in [2.75, 3.05) is 13.2 Å². The maximum absolute atomic E-state index is 13.8. The number of halogens is 1. The topological polar surface area (TPSA) is 55.5 Å². The Hall–Kier alpha value is -0.970. The van der Waals surface area contributed by atoms with Crippen molar-refractivity contribution in [3.05, 3.63) is 35.6 Å². The second kappa shape index (κ2) is 4.72. The SMILES string of the molecule is C[C@H](O)[C@@H]1CCOC[C@@]1(N)c1ccccc1F. The van der Waals surface area contributed by atoms with E-state index >= 15 is 0 Å². The Labute approximate surface area is 100 Å². The van der Waals surface area contributed by atoms with Gasteiger partial charge in [-0.1, -0.05) is 18.2 Å². The second-order valence-corrected chi connectivity index (χ2v) is 4.71. The monoisotopic (exact) mass is 239 g/mol. The molecule has 1 aliphatic rings. The van der Waals surface area contributed by atoms with Crippen molar-refractivity contribution >= 4 is 0 Å². The van der Waals surface area contributed by atoms with E-state index in [-0.39, 0.29) is 18.3 Å². The molecular formula is C13H18FNO2. The van der Waals surface area contributed by atoms with Gasteiger partial charge in [-0.25, -0.2) is 4.39 Å². The van der Waals surface area contributed by atoms with Crippen LogP contribution in [-0.2, 0) is 10.3 Å². The number of hydrogen-bond donors (Lipinski definition) is 2. The molecule has 1 heterocycles. The summed E-state index contributed by atoms with van der Waals surface area (Å²) in [5, 5.41) is 9.81. The molecule has 17 heavy (non-hydrogen) atoms. The van der Waals surface area contributed by atoms with E-state index < -0.39 is 11.6 Å². The predicted octanol–water partition coefficient (Wildman–Crippen LogP) is 1.40. The van der Waals surface area contributed by atoms with Gasteiger partial charge >= 0.3 is 0 Å². The molecule has 1 saturated heterocycles. The van der Waals surface area contributed by atoms with Crippen molar-refractivity contribution in [3.8, 4) is 0 Å². The third-order valence-electron chi connectivity index (χ3n) is 3.53. The molecule has 3 N–H and O–H groups in total. The Morgan fingerprint density at radius 3 is 2.88 bits per heavy atom. The van der Waals surface area contributed by atoms with Crippen LogP contribution in [-0.4, -0.2) is 24.4 Å². The molecule has 2 rings (SSSR count). The molecule has 1 aromatic rings. The molecule has 0 radical (unpaired) electrons. The van der Waals surface area contributed by atoms with Crippen LogP contribution in [0.1, 0.15) is 18.9 Å². The number of ether oxygens (including phenoxy) is 1. The van der Waals surface area contributed by atoms with E-state index in [2.05, 4.69) is 0 Å². The van der Waals surface area contributed by atoms with E-state index in [1.165, 1.54) is 6.07 Å². The number of aliphatic hydroxyl groups is 1. The smallest absolute Gasteiger partial charge is 0.128 e. The number of benzene rings is 1. The third-order valence-corrected chi connectivity index (χ3v) is 3.53. The summed E-state index contributed by atoms with van der Waals surface area (Å²) >= 11 is 0. The highest BCUT2D eigenvalue weighted by Crippen LogP contribution is 2.36. The summed E-state index contributed by atoms with van der Waals surface area (Å²) in [6, 6.07) is 6.43. The minimum atomic E-state index is -0.947. The standard InChI is InChI=1S/C13H18FNO2/c1-9(16)10-6-7-17-8-13(10,15)11-4-2-3-5-12(11)14/h2-5,9-10,16H,6-8,15H2,1H3/t9-,10-,13-/m0/s1. The fourth-order valence-corrected chi connectivity index (χ4v) is 2.60. The summed E-state index contributed by atoms with van der Waals surface area (Å²) in [7, 11) is 0. The quantitative estimate of drug-likeness (QED) is 0.820. The van der Waals surface area contributed by atoms with Gasteiger partial charge in [-0.2, -0.15) is 0 Å². The minimum Gasteiger partial charge on any atom is -0.393 e. The molecular weight excluding hydrogens is 221 g/mol. The molecule has 94 valence electrons. The van der Waals surface area contributed by atoms with Crippen LogP contribution in [0.2, 0.25) is 0 Å². The molecule has 3 atom stereocenters. The highest BCUT2D eigenvalue weighted by molar-refractivity contribution is 5.28. The van der Waals surface area contributed by atoms with Gasteiger partial charge in [-0.3, -0.25) is 0 Å². The first kappa shape index (κ1) is 12.5. The largest absolute Gasteiger partial charge is 0.393 e. The Bertz CT molecular complexity index is 397. The Kier molecular flexibility index (Phi) is 3.47. The lowest BCUT2D eigenvalue weighted by Crippen LogP contribution is -2.55. The fraction of sp³-hybridized carbons (Fsp3) is 0.538. The van der Waals surface area contributed by atoms with Crippen LogP contribution >= 0.6 is 0 Å². The molecule has 0 amide bonds. The zero-order valence-corrected chi connectivity index (χ0v) is 9.90. The van der Waals surface area contributed by atoms with Gasteiger partial charge in [0.2, 0.25) is 0 Å². The molecule has 1 aliphatic heterocycles. The van der Waals surface area contributed by atoms with Gasteiger partial charge in [0.25, 0.3) is 0 Å². The second-order valence-electron chi connectivity index (χ2n) is 4.71. The van der Waals surface area contributed by atoms with Crippen molar-refractivity contribution in [1.29, 1.82) is 0 Å². The van der Waals surface area contributed by atoms with Gasteiger partial charge in [0.05, 0.1) is 18.2 Å². The molecule has 0 aliphatic carbocycles. The van der Waals surface area contributed by atoms with Gasteiger partial charge in [0.15, 0.2) is 0 Å². The fourth-order valence-electron chi connectivity index (χ4n) is 2.60. The molecule has 1 fully saturated rings.